The zero-order valence-corrected chi connectivity index (χ0v) is 78.4. The van der Waals surface area contributed by atoms with Gasteiger partial charge in [-0.3, -0.25) is 19.2 Å². The van der Waals surface area contributed by atoms with E-state index in [-0.39, 0.29) is 111 Å². The van der Waals surface area contributed by atoms with Crippen molar-refractivity contribution in [2.24, 2.45) is 0 Å². The second kappa shape index (κ2) is 45.9. The van der Waals surface area contributed by atoms with Crippen LogP contribution >= 0.6 is 106 Å². The molecule has 12 aromatic carbocycles. The van der Waals surface area contributed by atoms with Gasteiger partial charge < -0.3 is 52.1 Å². The molecule has 0 N–H and O–H groups in total. The molecule has 0 amide bonds. The lowest BCUT2D eigenvalue weighted by atomic mass is 10.2. The van der Waals surface area contributed by atoms with Crippen LogP contribution in [0.1, 0.15) is 41.0 Å². The topological polar surface area (TPSA) is 170 Å². The molecule has 0 spiro atoms. The average Bonchev–Trinajstić information content (AvgIpc) is 1.62. The van der Waals surface area contributed by atoms with Crippen molar-refractivity contribution in [3.05, 3.63) is 291 Å². The standard InChI is InChI=1S/C27H28BrO5S.C25H24BrO4S.2C24H22BrO3S/c1-20(28)27(29)33-19-17-31-15-14-30-16-18-32-21-10-12-22(13-11-21)34-25-8-4-2-6-23(25)24-7-3-5-9-26(24)34;1-18(26)25(27)30-17-15-28-14-16-29-19-10-12-20(13-11-19)31-23-8-4-2-6-21(23)22-7-3-5-9-24(22)31;1-16(15-27-24(26)17(2)25)28-18-11-13-19(14-12-18)29-22-9-5-3-7-20(22)21-8-4-6-10-23(21)29;1-17(25)24(26)28-16-6-15-27-18-11-13-19(14-12-18)29-22-9-4-2-7-20(22)21-8-3-5-10-23(21)29/h2-13,20H,14-19H2,1H3;2-13,18H,14-17H2,1H3;3-14,16-17H,15H2,1-2H3;2-5,7-14,17H,6,15-16H2,1H3/q4*+1. The fourth-order valence-electron chi connectivity index (χ4n) is 13.7. The van der Waals surface area contributed by atoms with Gasteiger partial charge in [-0.15, -0.1) is 0 Å². The highest BCUT2D eigenvalue weighted by molar-refractivity contribution is 9.10. The molecular weight excluding hydrogens is 1890 g/mol. The smallest absolute Gasteiger partial charge is 0.319 e. The number of carbonyl (C=O) groups is 4. The molecule has 0 aliphatic rings. The normalized spacial score (nSPS) is 12.5. The molecule has 4 aromatic heterocycles. The minimum absolute atomic E-state index is 0.0849. The number of rotatable bonds is 34. The zero-order chi connectivity index (χ0) is 86.0. The first kappa shape index (κ1) is 91.1. The molecule has 634 valence electrons. The number of carbonyl (C=O) groups excluding carboxylic acids is 4. The van der Waals surface area contributed by atoms with Crippen molar-refractivity contribution in [3.8, 4) is 42.6 Å². The van der Waals surface area contributed by atoms with Gasteiger partial charge in [-0.25, -0.2) is 0 Å². The van der Waals surface area contributed by atoms with E-state index < -0.39 is 0 Å². The molecule has 0 aliphatic carbocycles. The van der Waals surface area contributed by atoms with E-state index in [1.807, 2.05) is 55.5 Å². The highest BCUT2D eigenvalue weighted by Gasteiger charge is 2.29. The summed E-state index contributed by atoms with van der Waals surface area (Å²) in [6, 6.07) is 103. The van der Waals surface area contributed by atoms with Gasteiger partial charge in [-0.1, -0.05) is 161 Å². The molecule has 16 aromatic rings. The van der Waals surface area contributed by atoms with E-state index in [9.17, 15) is 19.2 Å². The molecule has 0 saturated heterocycles. The van der Waals surface area contributed by atoms with Crippen LogP contribution in [-0.4, -0.2) is 135 Å². The molecule has 23 heteroatoms. The molecule has 4 heterocycles. The molecule has 15 nitrogen and oxygen atoms in total. The molecule has 0 bridgehead atoms. The maximum atomic E-state index is 11.6. The molecular formula is C100H96Br4O15S4+4. The third-order valence-corrected chi connectivity index (χ3v) is 30.3. The maximum Gasteiger partial charge on any atom is 0.319 e. The van der Waals surface area contributed by atoms with Gasteiger partial charge in [-0.05, 0) is 180 Å². The Labute approximate surface area is 760 Å². The average molecular weight is 1990 g/mol. The lowest BCUT2D eigenvalue weighted by Gasteiger charge is -2.15. The number of hydrogen-bond acceptors (Lipinski definition) is 15. The Balaban J connectivity index is 0.000000141. The van der Waals surface area contributed by atoms with E-state index in [0.29, 0.717) is 72.5 Å². The summed E-state index contributed by atoms with van der Waals surface area (Å²) >= 11 is 12.7. The van der Waals surface area contributed by atoms with Gasteiger partial charge in [0.1, 0.15) is 81.4 Å². The van der Waals surface area contributed by atoms with E-state index >= 15 is 0 Å². The molecule has 16 rings (SSSR count). The second-order valence-corrected chi connectivity index (χ2v) is 41.7. The fraction of sp³-hybridized carbons (Fsp3) is 0.240. The Kier molecular flexibility index (Phi) is 34.0. The van der Waals surface area contributed by atoms with Crippen LogP contribution in [0.25, 0.3) is 100 Å². The van der Waals surface area contributed by atoms with Crippen molar-refractivity contribution in [2.45, 2.75) is 66.5 Å². The number of fused-ring (bicyclic) bond motifs is 12. The van der Waals surface area contributed by atoms with Crippen LogP contribution in [0.2, 0.25) is 0 Å². The Morgan fingerprint density at radius 3 is 0.715 bits per heavy atom. The van der Waals surface area contributed by atoms with E-state index in [1.165, 1.54) is 100 Å². The SMILES string of the molecule is CC(Br)C(=O)OCCCOc1ccc(-[s+]2c3ccccc3c3ccccc32)cc1.CC(Br)C(=O)OCCOCCOCCOc1ccc(-[s+]2c3ccccc3c3ccccc32)cc1.CC(Br)C(=O)OCCOCCOc1ccc(-[s+]2c3ccccc3c3ccccc32)cc1.CC(COC(=O)C(C)Br)Oc1ccc(-[s+]2c3ccccc3c3ccccc32)cc1. The highest BCUT2D eigenvalue weighted by atomic mass is 79.9. The Bertz CT molecular complexity index is 5950. The summed E-state index contributed by atoms with van der Waals surface area (Å²) in [7, 11) is -0.376. The van der Waals surface area contributed by atoms with Crippen molar-refractivity contribution in [3.63, 3.8) is 0 Å². The monoisotopic (exact) mass is 1980 g/mol. The first-order valence-corrected chi connectivity index (χ1v) is 49.2. The Morgan fingerprint density at radius 2 is 0.455 bits per heavy atom. The third kappa shape index (κ3) is 24.1. The number of hydrogen-bond donors (Lipinski definition) is 0. The quantitative estimate of drug-likeness (QED) is 0.0123. The minimum atomic E-state index is -0.313. The Morgan fingerprint density at radius 1 is 0.244 bits per heavy atom. The number of ether oxygens (including phenoxy) is 11. The summed E-state index contributed by atoms with van der Waals surface area (Å²) in [6.07, 6.45) is 0.449. The molecule has 123 heavy (non-hydrogen) atoms. The molecule has 0 saturated carbocycles. The minimum Gasteiger partial charge on any atom is -0.493 e. The van der Waals surface area contributed by atoms with Crippen molar-refractivity contribution >= 4 is 210 Å². The lowest BCUT2D eigenvalue weighted by molar-refractivity contribution is -0.145. The van der Waals surface area contributed by atoms with Gasteiger partial charge in [0.2, 0.25) is 0 Å². The third-order valence-electron chi connectivity index (χ3n) is 19.5. The number of alkyl halides is 4. The van der Waals surface area contributed by atoms with Crippen LogP contribution in [0.15, 0.2) is 291 Å². The molecule has 0 radical (unpaired) electrons. The summed E-state index contributed by atoms with van der Waals surface area (Å²) in [5, 5.41) is 10.6. The number of halogens is 4. The lowest BCUT2D eigenvalue weighted by Crippen LogP contribution is -2.24. The van der Waals surface area contributed by atoms with Crippen molar-refractivity contribution < 1.29 is 71.3 Å². The van der Waals surface area contributed by atoms with E-state index in [0.717, 1.165) is 23.0 Å². The zero-order valence-electron chi connectivity index (χ0n) is 68.8. The molecule has 0 aliphatic heterocycles. The van der Waals surface area contributed by atoms with Crippen molar-refractivity contribution in [1.82, 2.24) is 0 Å². The van der Waals surface area contributed by atoms with E-state index in [2.05, 4.69) is 306 Å². The number of thiophene rings is 4. The van der Waals surface area contributed by atoms with Crippen LogP contribution in [0.5, 0.6) is 23.0 Å². The number of benzene rings is 12. The van der Waals surface area contributed by atoms with Crippen LogP contribution < -0.4 is 18.9 Å². The Hall–Kier alpha value is -9.60. The van der Waals surface area contributed by atoms with Gasteiger partial charge in [0.15, 0.2) is 57.2 Å². The first-order chi connectivity index (χ1) is 60.0. The van der Waals surface area contributed by atoms with Gasteiger partial charge in [-0.2, -0.15) is 0 Å². The van der Waals surface area contributed by atoms with E-state index in [4.69, 9.17) is 52.1 Å². The van der Waals surface area contributed by atoms with Gasteiger partial charge in [0.05, 0.1) is 52.9 Å². The second-order valence-electron chi connectivity index (χ2n) is 28.3. The van der Waals surface area contributed by atoms with Gasteiger partial charge in [0, 0.05) is 140 Å². The summed E-state index contributed by atoms with van der Waals surface area (Å²) in [5.41, 5.74) is 0. The number of esters is 4. The van der Waals surface area contributed by atoms with E-state index in [1.54, 1.807) is 27.7 Å². The van der Waals surface area contributed by atoms with Crippen LogP contribution in [0.3, 0.4) is 0 Å². The van der Waals surface area contributed by atoms with Crippen LogP contribution in [0, 0.1) is 0 Å². The largest absolute Gasteiger partial charge is 0.493 e. The van der Waals surface area contributed by atoms with Gasteiger partial charge in [0.25, 0.3) is 0 Å². The van der Waals surface area contributed by atoms with Crippen molar-refractivity contribution in [2.75, 3.05) is 85.9 Å². The highest BCUT2D eigenvalue weighted by Crippen LogP contribution is 2.53. The maximum absolute atomic E-state index is 11.6. The first-order valence-electron chi connectivity index (χ1n) is 40.6. The van der Waals surface area contributed by atoms with Crippen molar-refractivity contribution in [1.29, 1.82) is 0 Å². The summed E-state index contributed by atoms with van der Waals surface area (Å²) in [4.78, 5) is 49.5. The summed E-state index contributed by atoms with van der Waals surface area (Å²) < 4.78 is 71.1. The summed E-state index contributed by atoms with van der Waals surface area (Å²) in [5.74, 6) is 2.15. The summed E-state index contributed by atoms with van der Waals surface area (Å²) in [6.45, 7) is 13.9. The van der Waals surface area contributed by atoms with Crippen LogP contribution in [-0.2, 0) is 52.3 Å². The molecule has 5 atom stereocenters. The fourth-order valence-corrected chi connectivity index (χ4v) is 23.7. The predicted octanol–water partition coefficient (Wildman–Crippen LogP) is 26.6. The van der Waals surface area contributed by atoms with Crippen LogP contribution in [0.4, 0.5) is 0 Å². The predicted molar refractivity (Wildman–Crippen MR) is 522 cm³/mol. The molecule has 5 unspecified atom stereocenters. The molecule has 0 fully saturated rings. The van der Waals surface area contributed by atoms with Gasteiger partial charge >= 0.3 is 23.9 Å².